The average molecular weight is 355 g/mol. The number of benzene rings is 3. The Bertz CT molecular complexity index is 971. The van der Waals surface area contributed by atoms with Gasteiger partial charge in [0.15, 0.2) is 5.84 Å². The number of anilines is 1. The van der Waals surface area contributed by atoms with Crippen LogP contribution in [0.15, 0.2) is 106 Å². The van der Waals surface area contributed by atoms with E-state index < -0.39 is 6.04 Å². The van der Waals surface area contributed by atoms with Crippen LogP contribution in [0.25, 0.3) is 0 Å². The van der Waals surface area contributed by atoms with E-state index in [0.717, 1.165) is 11.4 Å². The van der Waals surface area contributed by atoms with Crippen LogP contribution in [0, 0.1) is 0 Å². The fourth-order valence-electron chi connectivity index (χ4n) is 2.69. The molecule has 0 radical (unpaired) electrons. The number of carbonyl (C=O) groups excluding carboxylic acids is 1. The number of amides is 1. The first-order valence-corrected chi connectivity index (χ1v) is 8.56. The summed E-state index contributed by atoms with van der Waals surface area (Å²) in [5.41, 5.74) is 5.22. The molecule has 1 N–H and O–H groups in total. The molecule has 1 aliphatic heterocycles. The van der Waals surface area contributed by atoms with Gasteiger partial charge in [-0.25, -0.2) is 10.0 Å². The van der Waals surface area contributed by atoms with Gasteiger partial charge in [0.1, 0.15) is 0 Å². The van der Waals surface area contributed by atoms with Crippen molar-refractivity contribution < 1.29 is 4.79 Å². The highest BCUT2D eigenvalue weighted by atomic mass is 16.2. The van der Waals surface area contributed by atoms with Crippen LogP contribution in [0.5, 0.6) is 0 Å². The minimum atomic E-state index is -0.828. The average Bonchev–Trinajstić information content (AvgIpc) is 3.04. The molecular weight excluding hydrogens is 338 g/mol. The van der Waals surface area contributed by atoms with Crippen molar-refractivity contribution in [3.8, 4) is 0 Å². The summed E-state index contributed by atoms with van der Waals surface area (Å²) in [5, 5.41) is 9.94. The first kappa shape index (κ1) is 16.7. The maximum absolute atomic E-state index is 13.0. The molecule has 1 fully saturated rings. The first-order valence-electron chi connectivity index (χ1n) is 8.56. The Labute approximate surface area is 156 Å². The van der Waals surface area contributed by atoms with E-state index >= 15 is 0 Å². The third kappa shape index (κ3) is 3.74. The molecule has 6 heteroatoms. The van der Waals surface area contributed by atoms with Crippen molar-refractivity contribution in [2.45, 2.75) is 6.04 Å². The zero-order valence-electron chi connectivity index (χ0n) is 14.4. The number of hydrazine groups is 1. The Hall–Kier alpha value is -3.80. The summed E-state index contributed by atoms with van der Waals surface area (Å²) < 4.78 is 0. The van der Waals surface area contributed by atoms with Gasteiger partial charge in [0.2, 0.25) is 6.04 Å². The largest absolute Gasteiger partial charge is 0.280 e. The standard InChI is InChI=1S/C21H17N5O/c27-21-19(24-23-17-12-6-2-7-13-17)20(22-16-10-4-1-5-11-16)25-26(21)18-14-8-3-9-15-18/h1-15,19H,(H,22,25). The number of rotatable bonds is 4. The normalized spacial score (nSPS) is 18.2. The van der Waals surface area contributed by atoms with Crippen molar-refractivity contribution in [1.29, 1.82) is 0 Å². The van der Waals surface area contributed by atoms with E-state index in [2.05, 4.69) is 20.6 Å². The summed E-state index contributed by atoms with van der Waals surface area (Å²) in [6.07, 6.45) is 0. The second-order valence-electron chi connectivity index (χ2n) is 5.91. The van der Waals surface area contributed by atoms with Crippen LogP contribution in [0.4, 0.5) is 17.1 Å². The molecule has 3 aromatic rings. The molecule has 1 atom stereocenters. The minimum Gasteiger partial charge on any atom is -0.276 e. The number of carbonyl (C=O) groups is 1. The fourth-order valence-corrected chi connectivity index (χ4v) is 2.69. The summed E-state index contributed by atoms with van der Waals surface area (Å²) >= 11 is 0. The van der Waals surface area contributed by atoms with Crippen LogP contribution in [0.1, 0.15) is 0 Å². The van der Waals surface area contributed by atoms with Crippen molar-refractivity contribution in [3.05, 3.63) is 91.0 Å². The molecule has 4 rings (SSSR count). The fraction of sp³-hybridized carbons (Fsp3) is 0.0476. The van der Waals surface area contributed by atoms with E-state index in [1.54, 1.807) is 0 Å². The van der Waals surface area contributed by atoms with Crippen LogP contribution in [-0.4, -0.2) is 17.8 Å². The molecular formula is C21H17N5O. The van der Waals surface area contributed by atoms with Gasteiger partial charge in [-0.15, -0.1) is 0 Å². The molecule has 0 saturated carbocycles. The van der Waals surface area contributed by atoms with Crippen molar-refractivity contribution in [3.63, 3.8) is 0 Å². The van der Waals surface area contributed by atoms with Gasteiger partial charge in [-0.2, -0.15) is 10.2 Å². The molecule has 1 aliphatic rings. The van der Waals surface area contributed by atoms with Gasteiger partial charge in [-0.05, 0) is 36.4 Å². The van der Waals surface area contributed by atoms with Crippen molar-refractivity contribution in [1.82, 2.24) is 5.43 Å². The zero-order valence-corrected chi connectivity index (χ0v) is 14.4. The number of amidine groups is 1. The molecule has 1 unspecified atom stereocenters. The predicted octanol–water partition coefficient (Wildman–Crippen LogP) is 4.42. The molecule has 1 saturated heterocycles. The molecule has 27 heavy (non-hydrogen) atoms. The summed E-state index contributed by atoms with van der Waals surface area (Å²) in [7, 11) is 0. The smallest absolute Gasteiger partial charge is 0.276 e. The van der Waals surface area contributed by atoms with Gasteiger partial charge in [-0.3, -0.25) is 10.2 Å². The SMILES string of the molecule is O=C1C(N=Nc2ccccc2)C(=Nc2ccccc2)NN1c1ccccc1. The van der Waals surface area contributed by atoms with Gasteiger partial charge < -0.3 is 0 Å². The van der Waals surface area contributed by atoms with Gasteiger partial charge in [-0.1, -0.05) is 54.6 Å². The summed E-state index contributed by atoms with van der Waals surface area (Å²) in [6.45, 7) is 0. The number of nitrogens with zero attached hydrogens (tertiary/aromatic N) is 4. The predicted molar refractivity (Wildman–Crippen MR) is 105 cm³/mol. The molecule has 0 aromatic heterocycles. The van der Waals surface area contributed by atoms with E-state index in [4.69, 9.17) is 0 Å². The first-order chi connectivity index (χ1) is 13.3. The molecule has 0 bridgehead atoms. The van der Waals surface area contributed by atoms with Crippen LogP contribution in [0.3, 0.4) is 0 Å². The number of hydrogen-bond acceptors (Lipinski definition) is 4. The van der Waals surface area contributed by atoms with Crippen molar-refractivity contribution in [2.24, 2.45) is 15.2 Å². The second kappa shape index (κ2) is 7.61. The maximum Gasteiger partial charge on any atom is 0.280 e. The minimum absolute atomic E-state index is 0.226. The lowest BCUT2D eigenvalue weighted by atomic mass is 10.2. The lowest BCUT2D eigenvalue weighted by Crippen LogP contribution is -2.35. The van der Waals surface area contributed by atoms with Crippen molar-refractivity contribution in [2.75, 3.05) is 5.01 Å². The lowest BCUT2D eigenvalue weighted by Gasteiger charge is -2.15. The monoisotopic (exact) mass is 355 g/mol. The molecule has 6 nitrogen and oxygen atoms in total. The van der Waals surface area contributed by atoms with Gasteiger partial charge in [0.05, 0.1) is 17.1 Å². The number of azo groups is 1. The maximum atomic E-state index is 13.0. The van der Waals surface area contributed by atoms with Crippen molar-refractivity contribution >= 4 is 28.8 Å². The quantitative estimate of drug-likeness (QED) is 0.704. The molecule has 3 aromatic carbocycles. The van der Waals surface area contributed by atoms with E-state index in [0.29, 0.717) is 11.5 Å². The molecule has 0 spiro atoms. The van der Waals surface area contributed by atoms with Crippen LogP contribution in [-0.2, 0) is 4.79 Å². The molecule has 1 amide bonds. The lowest BCUT2D eigenvalue weighted by molar-refractivity contribution is -0.117. The summed E-state index contributed by atoms with van der Waals surface area (Å²) in [5.74, 6) is 0.213. The second-order valence-corrected chi connectivity index (χ2v) is 5.91. The van der Waals surface area contributed by atoms with E-state index in [1.165, 1.54) is 5.01 Å². The topological polar surface area (TPSA) is 69.4 Å². The highest BCUT2D eigenvalue weighted by Crippen LogP contribution is 2.22. The Balaban J connectivity index is 1.69. The van der Waals surface area contributed by atoms with Gasteiger partial charge >= 0.3 is 0 Å². The third-order valence-electron chi connectivity index (χ3n) is 4.00. The van der Waals surface area contributed by atoms with Gasteiger partial charge in [0, 0.05) is 0 Å². The number of hydrogen-bond donors (Lipinski definition) is 1. The third-order valence-corrected chi connectivity index (χ3v) is 4.00. The Morgan fingerprint density at radius 1 is 0.741 bits per heavy atom. The van der Waals surface area contributed by atoms with E-state index in [9.17, 15) is 4.79 Å². The van der Waals surface area contributed by atoms with Crippen LogP contribution in [0.2, 0.25) is 0 Å². The molecule has 1 heterocycles. The summed E-state index contributed by atoms with van der Waals surface area (Å²) in [6, 6.07) is 27.3. The number of nitrogens with one attached hydrogen (secondary N) is 1. The number of aliphatic imine (C=N–C) groups is 1. The zero-order chi connectivity index (χ0) is 18.5. The highest BCUT2D eigenvalue weighted by molar-refractivity contribution is 6.20. The van der Waals surface area contributed by atoms with Crippen LogP contribution >= 0.6 is 0 Å². The van der Waals surface area contributed by atoms with Crippen LogP contribution < -0.4 is 10.4 Å². The Morgan fingerprint density at radius 3 is 1.93 bits per heavy atom. The molecule has 132 valence electrons. The highest BCUT2D eigenvalue weighted by Gasteiger charge is 2.38. The summed E-state index contributed by atoms with van der Waals surface area (Å²) in [4.78, 5) is 17.5. The molecule has 0 aliphatic carbocycles. The Morgan fingerprint density at radius 2 is 1.30 bits per heavy atom. The van der Waals surface area contributed by atoms with E-state index in [-0.39, 0.29) is 5.91 Å². The Kier molecular flexibility index (Phi) is 4.70. The van der Waals surface area contributed by atoms with E-state index in [1.807, 2.05) is 91.0 Å². The van der Waals surface area contributed by atoms with Gasteiger partial charge in [0.25, 0.3) is 5.91 Å². The number of para-hydroxylation sites is 2.